The zero-order valence-electron chi connectivity index (χ0n) is 34.4. The summed E-state index contributed by atoms with van der Waals surface area (Å²) in [6, 6.07) is 7.38. The molecule has 0 fully saturated rings. The number of phenols is 2. The number of hydrogen-bond acceptors (Lipinski definition) is 4. The van der Waals surface area contributed by atoms with Gasteiger partial charge in [-0.2, -0.15) is 0 Å². The van der Waals surface area contributed by atoms with Gasteiger partial charge in [-0.1, -0.05) is 168 Å². The van der Waals surface area contributed by atoms with Gasteiger partial charge in [0.25, 0.3) is 0 Å². The molecule has 0 aliphatic carbocycles. The average Bonchev–Trinajstić information content (AvgIpc) is 3.12. The number of hydrogen-bond donors (Lipinski definition) is 4. The van der Waals surface area contributed by atoms with Crippen LogP contribution in [0.1, 0.15) is 225 Å². The third-order valence-electron chi connectivity index (χ3n) is 10.2. The number of carbonyl (C=O) groups is 2. The van der Waals surface area contributed by atoms with Crippen LogP contribution >= 0.6 is 0 Å². The minimum absolute atomic E-state index is 0. The number of carboxylic acids is 2. The minimum atomic E-state index is -1.03. The first kappa shape index (κ1) is 50.6. The van der Waals surface area contributed by atoms with Gasteiger partial charge < -0.3 is 20.4 Å². The molecule has 0 amide bonds. The summed E-state index contributed by atoms with van der Waals surface area (Å²) in [6.45, 7) is 8.85. The molecular weight excluding hydrogens is 714 g/mol. The van der Waals surface area contributed by atoms with Crippen molar-refractivity contribution in [2.45, 2.75) is 207 Å². The SMILES string of the molecule is CCCCCCCCc1cc(CCCCCCCC)c(O)c(C(=O)O)c1.CCCCCCCCc1cc(CCCCCCCC)c(O)c(C(=O)O)c1.[Zn]. The molecule has 2 rings (SSSR count). The van der Waals surface area contributed by atoms with E-state index in [1.54, 1.807) is 12.1 Å². The van der Waals surface area contributed by atoms with Crippen molar-refractivity contribution in [2.75, 3.05) is 0 Å². The summed E-state index contributed by atoms with van der Waals surface area (Å²) in [5.74, 6) is -2.12. The summed E-state index contributed by atoms with van der Waals surface area (Å²) in [4.78, 5) is 22.9. The Balaban J connectivity index is 0.00000100. The van der Waals surface area contributed by atoms with Crippen molar-refractivity contribution in [3.8, 4) is 11.5 Å². The fraction of sp³-hybridized carbons (Fsp3) is 0.696. The molecule has 0 radical (unpaired) electrons. The predicted molar refractivity (Wildman–Crippen MR) is 218 cm³/mol. The second-order valence-corrected chi connectivity index (χ2v) is 15.0. The Morgan fingerprint density at radius 1 is 0.396 bits per heavy atom. The van der Waals surface area contributed by atoms with E-state index in [0.29, 0.717) is 0 Å². The van der Waals surface area contributed by atoms with Crippen molar-refractivity contribution >= 4 is 11.9 Å². The third-order valence-corrected chi connectivity index (χ3v) is 10.2. The van der Waals surface area contributed by atoms with Crippen LogP contribution in [0, 0.1) is 0 Å². The van der Waals surface area contributed by atoms with Gasteiger partial charge in [-0.3, -0.25) is 0 Å². The molecule has 0 aliphatic rings. The summed E-state index contributed by atoms with van der Waals surface area (Å²) in [5.41, 5.74) is 3.85. The largest absolute Gasteiger partial charge is 0.507 e. The molecule has 0 atom stereocenters. The summed E-state index contributed by atoms with van der Waals surface area (Å²) in [6.07, 6.45) is 32.4. The van der Waals surface area contributed by atoms with Crippen molar-refractivity contribution in [2.24, 2.45) is 0 Å². The van der Waals surface area contributed by atoms with E-state index in [1.807, 2.05) is 12.1 Å². The van der Waals surface area contributed by atoms with Crippen molar-refractivity contribution in [3.63, 3.8) is 0 Å². The molecule has 53 heavy (non-hydrogen) atoms. The molecule has 0 aliphatic heterocycles. The third kappa shape index (κ3) is 23.2. The standard InChI is InChI=1S/2C23H38O3.Zn/c2*1-3-5-7-9-11-13-15-19-17-20(16-14-12-10-8-6-4-2)22(24)21(18-19)23(25)26;/h2*17-18,24H,3-16H2,1-2H3,(H,25,26);. The Morgan fingerprint density at radius 2 is 0.642 bits per heavy atom. The maximum atomic E-state index is 11.5. The molecule has 4 N–H and O–H groups in total. The van der Waals surface area contributed by atoms with Crippen LogP contribution in [-0.4, -0.2) is 32.4 Å². The van der Waals surface area contributed by atoms with Crippen LogP contribution in [0.4, 0.5) is 0 Å². The van der Waals surface area contributed by atoms with Crippen molar-refractivity contribution in [1.29, 1.82) is 0 Å². The van der Waals surface area contributed by atoms with E-state index < -0.39 is 11.9 Å². The van der Waals surface area contributed by atoms with Gasteiger partial charge in [0.1, 0.15) is 22.6 Å². The van der Waals surface area contributed by atoms with Crippen LogP contribution in [0.15, 0.2) is 24.3 Å². The molecule has 7 heteroatoms. The zero-order valence-corrected chi connectivity index (χ0v) is 37.4. The average molecular weight is 790 g/mol. The molecule has 0 bridgehead atoms. The molecule has 2 aromatic rings. The molecule has 0 saturated carbocycles. The van der Waals surface area contributed by atoms with Crippen LogP contribution in [-0.2, 0) is 45.2 Å². The second-order valence-electron chi connectivity index (χ2n) is 15.0. The first-order valence-corrected chi connectivity index (χ1v) is 21.4. The predicted octanol–water partition coefficient (Wildman–Crippen LogP) is 13.8. The quantitative estimate of drug-likeness (QED) is 0.0463. The maximum Gasteiger partial charge on any atom is 0.339 e. The van der Waals surface area contributed by atoms with Crippen molar-refractivity contribution < 1.29 is 49.5 Å². The number of rotatable bonds is 30. The fourth-order valence-corrected chi connectivity index (χ4v) is 6.93. The molecule has 0 spiro atoms. The van der Waals surface area contributed by atoms with Crippen LogP contribution in [0.3, 0.4) is 0 Å². The summed E-state index contributed by atoms with van der Waals surface area (Å²) in [5, 5.41) is 39.4. The smallest absolute Gasteiger partial charge is 0.339 e. The van der Waals surface area contributed by atoms with E-state index in [9.17, 15) is 30.0 Å². The van der Waals surface area contributed by atoms with E-state index in [0.717, 1.165) is 86.5 Å². The van der Waals surface area contributed by atoms with E-state index >= 15 is 0 Å². The Hall–Kier alpha value is -2.40. The number of aromatic carboxylic acids is 2. The molecule has 0 unspecified atom stereocenters. The Kier molecular flexibility index (Phi) is 31.5. The van der Waals surface area contributed by atoms with Gasteiger partial charge in [0, 0.05) is 19.5 Å². The molecule has 0 saturated heterocycles. The van der Waals surface area contributed by atoms with Gasteiger partial charge in [-0.25, -0.2) is 9.59 Å². The van der Waals surface area contributed by atoms with Crippen LogP contribution in [0.5, 0.6) is 11.5 Å². The minimum Gasteiger partial charge on any atom is -0.507 e. The van der Waals surface area contributed by atoms with Gasteiger partial charge in [-0.15, -0.1) is 0 Å². The topological polar surface area (TPSA) is 115 Å². The van der Waals surface area contributed by atoms with E-state index in [2.05, 4.69) is 27.7 Å². The van der Waals surface area contributed by atoms with E-state index in [4.69, 9.17) is 0 Å². The molecule has 0 aromatic heterocycles. The Morgan fingerprint density at radius 3 is 0.906 bits per heavy atom. The van der Waals surface area contributed by atoms with Gasteiger partial charge in [0.15, 0.2) is 0 Å². The second kappa shape index (κ2) is 33.0. The van der Waals surface area contributed by atoms with Gasteiger partial charge in [-0.05, 0) is 85.8 Å². The first-order chi connectivity index (χ1) is 25.2. The van der Waals surface area contributed by atoms with E-state index in [-0.39, 0.29) is 42.1 Å². The number of unbranched alkanes of at least 4 members (excludes halogenated alkanes) is 20. The molecule has 2 aromatic carbocycles. The summed E-state index contributed by atoms with van der Waals surface area (Å²) < 4.78 is 0. The number of aromatic hydroxyl groups is 2. The Labute approximate surface area is 336 Å². The normalized spacial score (nSPS) is 10.8. The van der Waals surface area contributed by atoms with E-state index in [1.165, 1.54) is 116 Å². The van der Waals surface area contributed by atoms with Gasteiger partial charge >= 0.3 is 11.9 Å². The summed E-state index contributed by atoms with van der Waals surface area (Å²) in [7, 11) is 0. The van der Waals surface area contributed by atoms with Gasteiger partial charge in [0.2, 0.25) is 0 Å². The number of aryl methyl sites for hydroxylation is 4. The molecule has 0 heterocycles. The summed E-state index contributed by atoms with van der Waals surface area (Å²) >= 11 is 0. The fourth-order valence-electron chi connectivity index (χ4n) is 6.93. The van der Waals surface area contributed by atoms with Crippen LogP contribution in [0.25, 0.3) is 0 Å². The van der Waals surface area contributed by atoms with Gasteiger partial charge in [0.05, 0.1) is 0 Å². The number of benzene rings is 2. The van der Waals surface area contributed by atoms with Crippen LogP contribution < -0.4 is 0 Å². The number of carboxylic acid groups (broad SMARTS) is 2. The monoisotopic (exact) mass is 788 g/mol. The maximum absolute atomic E-state index is 11.5. The molecular formula is C46H76O6Zn. The molecule has 6 nitrogen and oxygen atoms in total. The van der Waals surface area contributed by atoms with Crippen molar-refractivity contribution in [3.05, 3.63) is 57.6 Å². The first-order valence-electron chi connectivity index (χ1n) is 21.4. The molecule has 298 valence electrons. The zero-order chi connectivity index (χ0) is 38.4. The van der Waals surface area contributed by atoms with Crippen molar-refractivity contribution in [1.82, 2.24) is 0 Å². The van der Waals surface area contributed by atoms with Crippen LogP contribution in [0.2, 0.25) is 0 Å². The Bertz CT molecular complexity index is 1150.